The Hall–Kier alpha value is -4.62. The van der Waals surface area contributed by atoms with Gasteiger partial charge in [0.05, 0.1) is 25.1 Å². The molecule has 0 unspecified atom stereocenters. The fourth-order valence-electron chi connectivity index (χ4n) is 13.0. The summed E-state index contributed by atoms with van der Waals surface area (Å²) in [5.41, 5.74) is 9.27. The van der Waals surface area contributed by atoms with Crippen LogP contribution in [0.1, 0.15) is 131 Å². The summed E-state index contributed by atoms with van der Waals surface area (Å²) >= 11 is 0. The third-order valence-electron chi connectivity index (χ3n) is 16.5. The number of ether oxygens (including phenoxy) is 1. The number of nitrogens with two attached hydrogens (primary N) is 1. The molecule has 334 valence electrons. The Balaban J connectivity index is 0.948. The first-order chi connectivity index (χ1) is 30.5. The van der Waals surface area contributed by atoms with E-state index in [1.54, 1.807) is 6.07 Å². The molecule has 0 aromatic heterocycles. The number of allylic oxidation sites excluding steroid dienone is 2. The van der Waals surface area contributed by atoms with Crippen molar-refractivity contribution in [2.45, 2.75) is 139 Å². The maximum Gasteiger partial charge on any atom is 0.160 e. The molecule has 9 heteroatoms. The molecule has 9 rings (SSSR count). The second-order valence-corrected chi connectivity index (χ2v) is 20.2. The third kappa shape index (κ3) is 9.06. The van der Waals surface area contributed by atoms with Gasteiger partial charge in [-0.15, -0.1) is 0 Å². The van der Waals surface area contributed by atoms with E-state index in [9.17, 15) is 24.9 Å². The van der Waals surface area contributed by atoms with Crippen LogP contribution >= 0.6 is 0 Å². The molecule has 3 aromatic rings. The smallest absolute Gasteiger partial charge is 0.160 e. The number of aryl methyl sites for hydroxylation is 1. The Bertz CT molecular complexity index is 2320. The molecule has 4 aliphatic carbocycles. The average molecular weight is 854 g/mol. The molecule has 9 nitrogen and oxygen atoms in total. The van der Waals surface area contributed by atoms with Crippen LogP contribution in [-0.4, -0.2) is 65.3 Å². The van der Waals surface area contributed by atoms with E-state index in [1.807, 2.05) is 24.3 Å². The maximum atomic E-state index is 14.5. The second-order valence-electron chi connectivity index (χ2n) is 20.2. The predicted molar refractivity (Wildman–Crippen MR) is 247 cm³/mol. The molecule has 4 fully saturated rings. The summed E-state index contributed by atoms with van der Waals surface area (Å²) in [6, 6.07) is 18.7. The van der Waals surface area contributed by atoms with Gasteiger partial charge in [-0.1, -0.05) is 73.2 Å². The van der Waals surface area contributed by atoms with Crippen LogP contribution in [0.5, 0.6) is 11.5 Å². The van der Waals surface area contributed by atoms with Crippen LogP contribution in [0.3, 0.4) is 0 Å². The van der Waals surface area contributed by atoms with Gasteiger partial charge in [0.25, 0.3) is 0 Å². The van der Waals surface area contributed by atoms with Crippen LogP contribution in [0.15, 0.2) is 78.1 Å². The van der Waals surface area contributed by atoms with Gasteiger partial charge in [0.2, 0.25) is 0 Å². The lowest BCUT2D eigenvalue weighted by Gasteiger charge is -2.49. The standard InChI is InChI=1S/C54H67N3O6/c1-63-49-27-39-12-15-50(61)54(21-16-34(24-51(54)62)32-53(19-4-5-20-53)42-26-41-11-14-44(59)30-47(41)57-33-42)22-17-36(46(39)31-48(49)60)10-13-43(58)29-45(40-18-23-56-52(55)28-40)38-9-8-35-6-2-3-7-37(35)25-38/h2-3,6-9,18,25,27-28,31,34,36,41-43,45,47,51,56-58,60,62H,4-5,10-16,19-21,23-24,26,29-30,32-33,55H2,1H3/t34-,36-,41+,42+,43-,45-,47+,51+,54+/m0/s1. The number of aliphatic hydroxyl groups is 2. The lowest BCUT2D eigenvalue weighted by molar-refractivity contribution is -0.135. The van der Waals surface area contributed by atoms with E-state index in [1.165, 1.54) is 39.2 Å². The summed E-state index contributed by atoms with van der Waals surface area (Å²) in [5, 5.41) is 44.5. The van der Waals surface area contributed by atoms with Crippen molar-refractivity contribution in [3.05, 3.63) is 94.8 Å². The van der Waals surface area contributed by atoms with Crippen molar-refractivity contribution in [1.82, 2.24) is 10.6 Å². The largest absolute Gasteiger partial charge is 0.504 e. The first kappa shape index (κ1) is 43.6. The van der Waals surface area contributed by atoms with Crippen LogP contribution in [0, 0.1) is 40.4 Å². The zero-order valence-electron chi connectivity index (χ0n) is 37.0. The molecule has 1 saturated heterocycles. The highest BCUT2D eigenvalue weighted by Gasteiger charge is 2.51. The molecule has 0 bridgehead atoms. The molecule has 0 radical (unpaired) electrons. The molecule has 6 aliphatic rings. The molecular weight excluding hydrogens is 787 g/mol. The number of piperidine rings is 1. The van der Waals surface area contributed by atoms with Gasteiger partial charge in [-0.25, -0.2) is 0 Å². The Morgan fingerprint density at radius 3 is 2.60 bits per heavy atom. The van der Waals surface area contributed by atoms with E-state index < -0.39 is 17.6 Å². The summed E-state index contributed by atoms with van der Waals surface area (Å²) in [5.74, 6) is 9.38. The minimum absolute atomic E-state index is 0.00891. The minimum Gasteiger partial charge on any atom is -0.504 e. The van der Waals surface area contributed by atoms with Crippen molar-refractivity contribution in [3.8, 4) is 23.3 Å². The number of phenols is 1. The van der Waals surface area contributed by atoms with E-state index in [2.05, 4.69) is 58.9 Å². The highest BCUT2D eigenvalue weighted by atomic mass is 16.5. The van der Waals surface area contributed by atoms with Gasteiger partial charge >= 0.3 is 0 Å². The second kappa shape index (κ2) is 18.5. The number of ketones is 2. The van der Waals surface area contributed by atoms with Crippen LogP contribution in [0.2, 0.25) is 0 Å². The van der Waals surface area contributed by atoms with Crippen molar-refractivity contribution in [2.24, 2.45) is 34.3 Å². The summed E-state index contributed by atoms with van der Waals surface area (Å²) in [7, 11) is 1.53. The highest BCUT2D eigenvalue weighted by Crippen LogP contribution is 2.55. The van der Waals surface area contributed by atoms with Gasteiger partial charge in [0, 0.05) is 43.7 Å². The quantitative estimate of drug-likeness (QED) is 0.105. The van der Waals surface area contributed by atoms with Crippen molar-refractivity contribution in [3.63, 3.8) is 0 Å². The van der Waals surface area contributed by atoms with Gasteiger partial charge in [0.15, 0.2) is 17.3 Å². The van der Waals surface area contributed by atoms with E-state index in [-0.39, 0.29) is 35.2 Å². The van der Waals surface area contributed by atoms with Gasteiger partial charge in [-0.3, -0.25) is 9.59 Å². The number of nitrogens with one attached hydrogen (secondary N) is 2. The molecule has 2 aliphatic heterocycles. The zero-order valence-corrected chi connectivity index (χ0v) is 37.0. The number of fused-ring (bicyclic) bond motifs is 3. The molecule has 1 spiro atoms. The van der Waals surface area contributed by atoms with Gasteiger partial charge in [0.1, 0.15) is 11.2 Å². The number of rotatable bonds is 11. The van der Waals surface area contributed by atoms with E-state index >= 15 is 0 Å². The average Bonchev–Trinajstić information content (AvgIpc) is 3.78. The number of phenolic OH excluding ortho intramolecular Hbond substituents is 1. The van der Waals surface area contributed by atoms with Crippen molar-refractivity contribution < 1.29 is 29.6 Å². The molecule has 7 N–H and O–H groups in total. The summed E-state index contributed by atoms with van der Waals surface area (Å²) < 4.78 is 5.54. The minimum atomic E-state index is -1.16. The van der Waals surface area contributed by atoms with E-state index in [4.69, 9.17) is 10.5 Å². The number of hydrogen-bond donors (Lipinski definition) is 6. The molecular formula is C54H67N3O6. The Morgan fingerprint density at radius 2 is 1.81 bits per heavy atom. The third-order valence-corrected chi connectivity index (χ3v) is 16.5. The SMILES string of the molecule is COc1cc2c(cc1O)[C@@H](CC[C@H](O)C[C@H](C1=CCNC(N)=C1)c1ccc3ccccc3c1)C#C[C@]1(CC[C@H](CC3([C@H]4CN[C@@H]5CC(=O)CC[C@@H]5C4)CCCC3)C[C@H]1O)C(=O)CC2. The molecule has 3 aromatic carbocycles. The van der Waals surface area contributed by atoms with Crippen molar-refractivity contribution >= 4 is 22.3 Å². The molecule has 3 saturated carbocycles. The fourth-order valence-corrected chi connectivity index (χ4v) is 13.0. The Labute approximate surface area is 373 Å². The lowest BCUT2D eigenvalue weighted by Crippen LogP contribution is -2.53. The number of hydrogen-bond acceptors (Lipinski definition) is 9. The molecule has 0 amide bonds. The number of methoxy groups -OCH3 is 1. The summed E-state index contributed by atoms with van der Waals surface area (Å²) in [6.07, 6.45) is 16.2. The van der Waals surface area contributed by atoms with Crippen LogP contribution in [0.25, 0.3) is 10.8 Å². The van der Waals surface area contributed by atoms with Crippen LogP contribution < -0.4 is 21.1 Å². The van der Waals surface area contributed by atoms with E-state index in [0.29, 0.717) is 99.1 Å². The number of aromatic hydroxyl groups is 1. The highest BCUT2D eigenvalue weighted by molar-refractivity contribution is 5.89. The zero-order chi connectivity index (χ0) is 43.7. The normalized spacial score (nSPS) is 30.3. The molecule has 9 atom stereocenters. The Kier molecular flexibility index (Phi) is 12.8. The topological polar surface area (TPSA) is 154 Å². The number of dihydropyridines is 1. The maximum absolute atomic E-state index is 14.5. The lowest BCUT2D eigenvalue weighted by atomic mass is 9.58. The predicted octanol–water partition coefficient (Wildman–Crippen LogP) is 8.25. The molecule has 63 heavy (non-hydrogen) atoms. The van der Waals surface area contributed by atoms with Gasteiger partial charge in [-0.2, -0.15) is 0 Å². The number of Topliss-reactive ketones (excluding diaryl/α,β-unsaturated/α-hetero) is 2. The van der Waals surface area contributed by atoms with E-state index in [0.717, 1.165) is 58.8 Å². The monoisotopic (exact) mass is 854 g/mol. The molecule has 2 heterocycles. The summed E-state index contributed by atoms with van der Waals surface area (Å²) in [4.78, 5) is 26.7. The summed E-state index contributed by atoms with van der Waals surface area (Å²) in [6.45, 7) is 1.59. The van der Waals surface area contributed by atoms with Gasteiger partial charge in [-0.05, 0) is 158 Å². The van der Waals surface area contributed by atoms with Gasteiger partial charge < -0.3 is 36.4 Å². The number of benzene rings is 3. The first-order valence-electron chi connectivity index (χ1n) is 24.0. The Morgan fingerprint density at radius 1 is 0.984 bits per heavy atom. The van der Waals surface area contributed by atoms with Crippen LogP contribution in [0.4, 0.5) is 0 Å². The number of carbonyl (C=O) groups excluding carboxylic acids is 2. The number of carbonyl (C=O) groups is 2. The first-order valence-corrected chi connectivity index (χ1v) is 24.0. The van der Waals surface area contributed by atoms with Crippen molar-refractivity contribution in [1.29, 1.82) is 0 Å². The number of aliphatic hydroxyl groups excluding tert-OH is 2. The van der Waals surface area contributed by atoms with Crippen LogP contribution in [-0.2, 0) is 16.0 Å². The fraction of sp³-hybridized carbons (Fsp3) is 0.556. The van der Waals surface area contributed by atoms with Crippen molar-refractivity contribution in [2.75, 3.05) is 20.2 Å².